The maximum atomic E-state index is 12.0. The molecule has 1 amide bonds. The number of benzene rings is 1. The fraction of sp³-hybridized carbons (Fsp3) is 0.357. The van der Waals surface area contributed by atoms with E-state index in [9.17, 15) is 4.79 Å². The number of hydrogen-bond donors (Lipinski definition) is 1. The molecule has 2 rings (SSSR count). The molecular formula is C14H17NO2S. The van der Waals surface area contributed by atoms with E-state index in [0.29, 0.717) is 12.3 Å². The van der Waals surface area contributed by atoms with Gasteiger partial charge in [-0.05, 0) is 32.2 Å². The normalized spacial score (nSPS) is 10.8. The second-order valence-corrected chi connectivity index (χ2v) is 5.29. The second kappa shape index (κ2) is 5.48. The molecule has 96 valence electrons. The molecule has 0 unspecified atom stereocenters. The summed E-state index contributed by atoms with van der Waals surface area (Å²) >= 11 is 1.70. The Labute approximate surface area is 111 Å². The van der Waals surface area contributed by atoms with Crippen LogP contribution in [-0.4, -0.2) is 24.5 Å². The average Bonchev–Trinajstić information content (AvgIpc) is 2.67. The Morgan fingerprint density at radius 2 is 2.17 bits per heavy atom. The Balaban J connectivity index is 2.28. The number of thioether (sulfide) groups is 1. The van der Waals surface area contributed by atoms with Gasteiger partial charge in [0.05, 0.1) is 0 Å². The minimum Gasteiger partial charge on any atom is -0.451 e. The number of aryl methyl sites for hydroxylation is 2. The number of carbonyl (C=O) groups is 1. The van der Waals surface area contributed by atoms with Gasteiger partial charge in [-0.2, -0.15) is 11.8 Å². The summed E-state index contributed by atoms with van der Waals surface area (Å²) in [5.74, 6) is 1.21. The lowest BCUT2D eigenvalue weighted by atomic mass is 10.1. The second-order valence-electron chi connectivity index (χ2n) is 4.30. The third-order valence-corrected chi connectivity index (χ3v) is 3.50. The maximum absolute atomic E-state index is 12.0. The van der Waals surface area contributed by atoms with Crippen molar-refractivity contribution in [1.29, 1.82) is 0 Å². The highest BCUT2D eigenvalue weighted by Gasteiger charge is 2.16. The van der Waals surface area contributed by atoms with Gasteiger partial charge in [-0.1, -0.05) is 11.6 Å². The highest BCUT2D eigenvalue weighted by molar-refractivity contribution is 7.98. The molecule has 1 heterocycles. The zero-order valence-electron chi connectivity index (χ0n) is 10.9. The van der Waals surface area contributed by atoms with Crippen LogP contribution in [0.1, 0.15) is 21.7 Å². The van der Waals surface area contributed by atoms with E-state index in [0.717, 1.165) is 22.3 Å². The third-order valence-electron chi connectivity index (χ3n) is 2.89. The van der Waals surface area contributed by atoms with Crippen LogP contribution in [0.5, 0.6) is 0 Å². The summed E-state index contributed by atoms with van der Waals surface area (Å²) in [5.41, 5.74) is 2.85. The predicted molar refractivity (Wildman–Crippen MR) is 76.4 cm³/mol. The number of carbonyl (C=O) groups excluding carboxylic acids is 1. The van der Waals surface area contributed by atoms with E-state index in [1.165, 1.54) is 5.56 Å². The van der Waals surface area contributed by atoms with Gasteiger partial charge in [-0.15, -0.1) is 0 Å². The molecule has 0 fully saturated rings. The Hall–Kier alpha value is -1.42. The van der Waals surface area contributed by atoms with Crippen LogP contribution in [0.2, 0.25) is 0 Å². The van der Waals surface area contributed by atoms with Gasteiger partial charge in [0.25, 0.3) is 5.91 Å². The van der Waals surface area contributed by atoms with Gasteiger partial charge < -0.3 is 9.73 Å². The van der Waals surface area contributed by atoms with Crippen LogP contribution in [0, 0.1) is 13.8 Å². The van der Waals surface area contributed by atoms with Gasteiger partial charge >= 0.3 is 0 Å². The highest BCUT2D eigenvalue weighted by Crippen LogP contribution is 2.26. The summed E-state index contributed by atoms with van der Waals surface area (Å²) in [4.78, 5) is 12.0. The quantitative estimate of drug-likeness (QED) is 0.862. The van der Waals surface area contributed by atoms with E-state index in [1.807, 2.05) is 38.3 Å². The minimum atomic E-state index is -0.129. The number of furan rings is 1. The molecule has 0 radical (unpaired) electrons. The van der Waals surface area contributed by atoms with Crippen molar-refractivity contribution in [2.24, 2.45) is 0 Å². The van der Waals surface area contributed by atoms with Gasteiger partial charge in [-0.25, -0.2) is 0 Å². The average molecular weight is 263 g/mol. The monoisotopic (exact) mass is 263 g/mol. The number of rotatable bonds is 4. The lowest BCUT2D eigenvalue weighted by molar-refractivity contribution is 0.0930. The molecule has 1 aromatic heterocycles. The van der Waals surface area contributed by atoms with Crippen molar-refractivity contribution < 1.29 is 9.21 Å². The first-order chi connectivity index (χ1) is 8.63. The summed E-state index contributed by atoms with van der Waals surface area (Å²) in [6.07, 6.45) is 2.02. The smallest absolute Gasteiger partial charge is 0.287 e. The summed E-state index contributed by atoms with van der Waals surface area (Å²) in [5, 5.41) is 3.88. The first-order valence-electron chi connectivity index (χ1n) is 5.90. The van der Waals surface area contributed by atoms with Gasteiger partial charge in [0.2, 0.25) is 0 Å². The fourth-order valence-electron chi connectivity index (χ4n) is 1.90. The Kier molecular flexibility index (Phi) is 3.97. The summed E-state index contributed by atoms with van der Waals surface area (Å²) in [6.45, 7) is 4.62. The topological polar surface area (TPSA) is 42.2 Å². The molecule has 0 aliphatic carbocycles. The molecule has 0 atom stereocenters. The molecule has 0 aliphatic rings. The molecule has 0 saturated heterocycles. The van der Waals surface area contributed by atoms with Gasteiger partial charge in [0.15, 0.2) is 5.76 Å². The molecule has 0 aliphatic heterocycles. The summed E-state index contributed by atoms with van der Waals surface area (Å²) in [7, 11) is 0. The number of nitrogens with one attached hydrogen (secondary N) is 1. The lowest BCUT2D eigenvalue weighted by Gasteiger charge is -2.01. The highest BCUT2D eigenvalue weighted by atomic mass is 32.2. The zero-order valence-corrected chi connectivity index (χ0v) is 11.7. The molecule has 0 saturated carbocycles. The minimum absolute atomic E-state index is 0.129. The molecule has 0 bridgehead atoms. The van der Waals surface area contributed by atoms with E-state index in [1.54, 1.807) is 11.8 Å². The third kappa shape index (κ3) is 2.53. The van der Waals surface area contributed by atoms with Crippen LogP contribution in [0.15, 0.2) is 22.6 Å². The molecule has 1 N–H and O–H groups in total. The maximum Gasteiger partial charge on any atom is 0.287 e. The predicted octanol–water partition coefficient (Wildman–Crippen LogP) is 3.14. The molecule has 3 nitrogen and oxygen atoms in total. The van der Waals surface area contributed by atoms with E-state index in [4.69, 9.17) is 4.42 Å². The van der Waals surface area contributed by atoms with Crippen molar-refractivity contribution in [3.8, 4) is 0 Å². The van der Waals surface area contributed by atoms with E-state index < -0.39 is 0 Å². The van der Waals surface area contributed by atoms with Crippen molar-refractivity contribution in [2.45, 2.75) is 13.8 Å². The van der Waals surface area contributed by atoms with Crippen molar-refractivity contribution in [3.05, 3.63) is 35.1 Å². The Bertz CT molecular complexity index is 574. The van der Waals surface area contributed by atoms with Gasteiger partial charge in [0.1, 0.15) is 5.58 Å². The van der Waals surface area contributed by atoms with Gasteiger partial charge in [-0.3, -0.25) is 4.79 Å². The van der Waals surface area contributed by atoms with Crippen LogP contribution in [-0.2, 0) is 0 Å². The first kappa shape index (κ1) is 13.0. The van der Waals surface area contributed by atoms with E-state index in [2.05, 4.69) is 5.32 Å². The van der Waals surface area contributed by atoms with Crippen LogP contribution >= 0.6 is 11.8 Å². The number of amides is 1. The van der Waals surface area contributed by atoms with Gasteiger partial charge in [0, 0.05) is 23.2 Å². The van der Waals surface area contributed by atoms with Crippen molar-refractivity contribution in [1.82, 2.24) is 5.32 Å². The molecule has 4 heteroatoms. The largest absolute Gasteiger partial charge is 0.451 e. The molecule has 0 spiro atoms. The van der Waals surface area contributed by atoms with E-state index in [-0.39, 0.29) is 5.91 Å². The Morgan fingerprint density at radius 1 is 1.39 bits per heavy atom. The van der Waals surface area contributed by atoms with Crippen LogP contribution in [0.4, 0.5) is 0 Å². The van der Waals surface area contributed by atoms with Crippen LogP contribution < -0.4 is 5.32 Å². The zero-order chi connectivity index (χ0) is 13.1. The van der Waals surface area contributed by atoms with Crippen LogP contribution in [0.3, 0.4) is 0 Å². The van der Waals surface area contributed by atoms with E-state index >= 15 is 0 Å². The lowest BCUT2D eigenvalue weighted by Crippen LogP contribution is -2.25. The summed E-state index contributed by atoms with van der Waals surface area (Å²) in [6, 6.07) is 5.95. The molecule has 18 heavy (non-hydrogen) atoms. The molecule has 2 aromatic rings. The molecule has 1 aromatic carbocycles. The first-order valence-corrected chi connectivity index (χ1v) is 7.29. The fourth-order valence-corrected chi connectivity index (χ4v) is 2.20. The standard InChI is InChI=1S/C14H17NO2S/c1-9-4-5-12-11(8-9)10(2)13(17-12)14(16)15-6-7-18-3/h4-5,8H,6-7H2,1-3H3,(H,15,16). The van der Waals surface area contributed by atoms with Crippen molar-refractivity contribution in [3.63, 3.8) is 0 Å². The number of fused-ring (bicyclic) bond motifs is 1. The van der Waals surface area contributed by atoms with Crippen molar-refractivity contribution in [2.75, 3.05) is 18.6 Å². The Morgan fingerprint density at radius 3 is 2.89 bits per heavy atom. The summed E-state index contributed by atoms with van der Waals surface area (Å²) < 4.78 is 5.63. The van der Waals surface area contributed by atoms with Crippen LogP contribution in [0.25, 0.3) is 11.0 Å². The molecular weight excluding hydrogens is 246 g/mol. The van der Waals surface area contributed by atoms with Crippen molar-refractivity contribution >= 4 is 28.6 Å². The SMILES string of the molecule is CSCCNC(=O)c1oc2ccc(C)cc2c1C. The number of hydrogen-bond acceptors (Lipinski definition) is 3.